The first kappa shape index (κ1) is 19.9. The van der Waals surface area contributed by atoms with Gasteiger partial charge in [-0.25, -0.2) is 14.8 Å². The zero-order valence-electron chi connectivity index (χ0n) is 16.2. The molecule has 0 aliphatic heterocycles. The fourth-order valence-electron chi connectivity index (χ4n) is 2.89. The van der Waals surface area contributed by atoms with Crippen LogP contribution in [0.15, 0.2) is 55.1 Å². The molecular weight excluding hydrogens is 370 g/mol. The van der Waals surface area contributed by atoms with Gasteiger partial charge in [-0.1, -0.05) is 30.3 Å². The number of carbonyl (C=O) groups is 1. The molecule has 0 unspecified atom stereocenters. The zero-order chi connectivity index (χ0) is 20.8. The van der Waals surface area contributed by atoms with Gasteiger partial charge in [-0.15, -0.1) is 0 Å². The van der Waals surface area contributed by atoms with Crippen molar-refractivity contribution >= 4 is 23.4 Å². The minimum absolute atomic E-state index is 0.0983. The Balaban J connectivity index is 1.81. The first-order chi connectivity index (χ1) is 14.0. The summed E-state index contributed by atoms with van der Waals surface area (Å²) in [4.78, 5) is 20.9. The van der Waals surface area contributed by atoms with Crippen molar-refractivity contribution in [1.29, 1.82) is 5.41 Å². The quantitative estimate of drug-likeness (QED) is 0.378. The fraction of sp³-hybridized carbons (Fsp3) is 0.200. The summed E-state index contributed by atoms with van der Waals surface area (Å²) >= 11 is 0. The first-order valence-electron chi connectivity index (χ1n) is 8.98. The van der Waals surface area contributed by atoms with E-state index in [-0.39, 0.29) is 23.4 Å². The van der Waals surface area contributed by atoms with Crippen LogP contribution >= 0.6 is 0 Å². The molecule has 9 heteroatoms. The fourth-order valence-corrected chi connectivity index (χ4v) is 2.89. The predicted octanol–water partition coefficient (Wildman–Crippen LogP) is 2.76. The van der Waals surface area contributed by atoms with E-state index in [0.717, 1.165) is 5.56 Å². The Morgan fingerprint density at radius 2 is 2.10 bits per heavy atom. The Bertz CT molecular complexity index is 988. The summed E-state index contributed by atoms with van der Waals surface area (Å²) < 4.78 is 6.83. The maximum atomic E-state index is 12.4. The van der Waals surface area contributed by atoms with E-state index in [1.54, 1.807) is 23.3 Å². The third-order valence-electron chi connectivity index (χ3n) is 4.34. The van der Waals surface area contributed by atoms with Gasteiger partial charge in [0.1, 0.15) is 5.82 Å². The number of methoxy groups -OCH3 is 1. The highest BCUT2D eigenvalue weighted by Gasteiger charge is 2.18. The molecule has 0 radical (unpaired) electrons. The summed E-state index contributed by atoms with van der Waals surface area (Å²) in [6, 6.07) is 10.6. The molecule has 29 heavy (non-hydrogen) atoms. The van der Waals surface area contributed by atoms with Crippen molar-refractivity contribution < 1.29 is 9.53 Å². The SMILES string of the molecule is COC(=N)c1c(N)cc(NC(=O)N[C@H](C)c2ccccc2)nc1Cn1ccnc1. The van der Waals surface area contributed by atoms with Crippen molar-refractivity contribution in [3.8, 4) is 0 Å². The van der Waals surface area contributed by atoms with Crippen LogP contribution in [0.3, 0.4) is 0 Å². The third kappa shape index (κ3) is 4.89. The number of nitrogens with zero attached hydrogens (tertiary/aromatic N) is 3. The third-order valence-corrected chi connectivity index (χ3v) is 4.34. The molecule has 2 amide bonds. The zero-order valence-corrected chi connectivity index (χ0v) is 16.2. The van der Waals surface area contributed by atoms with Gasteiger partial charge in [-0.3, -0.25) is 10.7 Å². The van der Waals surface area contributed by atoms with Crippen LogP contribution in [0.1, 0.15) is 29.8 Å². The molecule has 0 saturated heterocycles. The maximum absolute atomic E-state index is 12.4. The average Bonchev–Trinajstić information content (AvgIpc) is 3.21. The molecule has 0 saturated carbocycles. The van der Waals surface area contributed by atoms with Crippen molar-refractivity contribution in [3.05, 3.63) is 71.9 Å². The summed E-state index contributed by atoms with van der Waals surface area (Å²) in [5.74, 6) is 0.182. The monoisotopic (exact) mass is 393 g/mol. The lowest BCUT2D eigenvalue weighted by atomic mass is 10.1. The number of benzene rings is 1. The van der Waals surface area contributed by atoms with Crippen molar-refractivity contribution in [2.24, 2.45) is 0 Å². The molecular formula is C20H23N7O2. The van der Waals surface area contributed by atoms with Gasteiger partial charge >= 0.3 is 6.03 Å². The van der Waals surface area contributed by atoms with E-state index in [0.29, 0.717) is 17.8 Å². The number of aromatic nitrogens is 3. The first-order valence-corrected chi connectivity index (χ1v) is 8.98. The normalized spacial score (nSPS) is 11.5. The van der Waals surface area contributed by atoms with Gasteiger partial charge in [0, 0.05) is 24.1 Å². The highest BCUT2D eigenvalue weighted by molar-refractivity contribution is 5.99. The highest BCUT2D eigenvalue weighted by atomic mass is 16.5. The Labute approximate surface area is 168 Å². The van der Waals surface area contributed by atoms with E-state index in [1.165, 1.54) is 13.2 Å². The van der Waals surface area contributed by atoms with Crippen LogP contribution in [-0.4, -0.2) is 33.6 Å². The average molecular weight is 393 g/mol. The smallest absolute Gasteiger partial charge is 0.320 e. The molecule has 150 valence electrons. The number of hydrogen-bond acceptors (Lipinski definition) is 6. The number of amides is 2. The molecule has 5 N–H and O–H groups in total. The second kappa shape index (κ2) is 8.87. The lowest BCUT2D eigenvalue weighted by Gasteiger charge is -2.17. The van der Waals surface area contributed by atoms with Gasteiger partial charge < -0.3 is 20.4 Å². The minimum atomic E-state index is -0.406. The topological polar surface area (TPSA) is 131 Å². The van der Waals surface area contributed by atoms with E-state index < -0.39 is 6.03 Å². The van der Waals surface area contributed by atoms with Gasteiger partial charge in [0.15, 0.2) is 0 Å². The number of pyridine rings is 1. The van der Waals surface area contributed by atoms with Gasteiger partial charge in [-0.05, 0) is 12.5 Å². The standard InChI is InChI=1S/C20H23N7O2/c1-13(14-6-4-3-5-7-14)24-20(28)26-17-10-15(21)18(19(22)29-2)16(25-17)11-27-9-8-23-12-27/h3-10,12-13,22H,11H2,1-2H3,(H4,21,24,25,26,28)/t13-/m1/s1. The molecule has 0 spiro atoms. The Kier molecular flexibility index (Phi) is 6.08. The molecule has 0 fully saturated rings. The lowest BCUT2D eigenvalue weighted by molar-refractivity contribution is 0.249. The number of hydrogen-bond donors (Lipinski definition) is 4. The van der Waals surface area contributed by atoms with Crippen LogP contribution in [0.5, 0.6) is 0 Å². The largest absolute Gasteiger partial charge is 0.481 e. The van der Waals surface area contributed by atoms with Crippen LogP contribution in [0.2, 0.25) is 0 Å². The Morgan fingerprint density at radius 3 is 2.76 bits per heavy atom. The number of rotatable bonds is 6. The summed E-state index contributed by atoms with van der Waals surface area (Å²) in [5, 5.41) is 13.6. The summed E-state index contributed by atoms with van der Waals surface area (Å²) in [5.41, 5.74) is 8.28. The second-order valence-electron chi connectivity index (χ2n) is 6.42. The summed E-state index contributed by atoms with van der Waals surface area (Å²) in [6.07, 6.45) is 5.05. The van der Waals surface area contributed by atoms with Gasteiger partial charge in [0.25, 0.3) is 0 Å². The molecule has 2 aromatic heterocycles. The molecule has 0 aliphatic rings. The Morgan fingerprint density at radius 1 is 1.34 bits per heavy atom. The molecule has 9 nitrogen and oxygen atoms in total. The summed E-state index contributed by atoms with van der Waals surface area (Å²) in [7, 11) is 1.40. The highest BCUT2D eigenvalue weighted by Crippen LogP contribution is 2.22. The van der Waals surface area contributed by atoms with Crippen LogP contribution < -0.4 is 16.4 Å². The number of imidazole rings is 1. The molecule has 1 atom stereocenters. The molecule has 2 heterocycles. The van der Waals surface area contributed by atoms with Crippen molar-refractivity contribution in [2.75, 3.05) is 18.2 Å². The van der Waals surface area contributed by atoms with E-state index >= 15 is 0 Å². The van der Waals surface area contributed by atoms with E-state index in [4.69, 9.17) is 15.9 Å². The van der Waals surface area contributed by atoms with Crippen LogP contribution in [0.4, 0.5) is 16.3 Å². The number of ether oxygens (including phenoxy) is 1. The minimum Gasteiger partial charge on any atom is -0.481 e. The molecule has 0 bridgehead atoms. The van der Waals surface area contributed by atoms with Crippen LogP contribution in [-0.2, 0) is 11.3 Å². The second-order valence-corrected chi connectivity index (χ2v) is 6.42. The number of anilines is 2. The molecule has 1 aromatic carbocycles. The van der Waals surface area contributed by atoms with E-state index in [9.17, 15) is 4.79 Å². The van der Waals surface area contributed by atoms with Crippen molar-refractivity contribution in [3.63, 3.8) is 0 Å². The van der Waals surface area contributed by atoms with Crippen molar-refractivity contribution in [1.82, 2.24) is 19.9 Å². The van der Waals surface area contributed by atoms with Crippen LogP contribution in [0, 0.1) is 5.41 Å². The number of urea groups is 1. The predicted molar refractivity (Wildman–Crippen MR) is 111 cm³/mol. The maximum Gasteiger partial charge on any atom is 0.320 e. The van der Waals surface area contributed by atoms with Crippen molar-refractivity contribution in [2.45, 2.75) is 19.5 Å². The number of nitrogens with one attached hydrogen (secondary N) is 3. The van der Waals surface area contributed by atoms with E-state index in [1.807, 2.05) is 37.3 Å². The number of nitrogens with two attached hydrogens (primary N) is 1. The van der Waals surface area contributed by atoms with Gasteiger partial charge in [-0.2, -0.15) is 0 Å². The van der Waals surface area contributed by atoms with Gasteiger partial charge in [0.05, 0.1) is 37.3 Å². The lowest BCUT2D eigenvalue weighted by Crippen LogP contribution is -2.31. The van der Waals surface area contributed by atoms with Gasteiger partial charge in [0.2, 0.25) is 5.90 Å². The molecule has 3 aromatic rings. The molecule has 0 aliphatic carbocycles. The van der Waals surface area contributed by atoms with Crippen LogP contribution in [0.25, 0.3) is 0 Å². The molecule has 3 rings (SSSR count). The Hall–Kier alpha value is -3.88. The number of carbonyl (C=O) groups excluding carboxylic acids is 1. The number of nitrogen functional groups attached to an aromatic ring is 1. The van der Waals surface area contributed by atoms with E-state index in [2.05, 4.69) is 20.6 Å². The summed E-state index contributed by atoms with van der Waals surface area (Å²) in [6.45, 7) is 2.22.